The second-order valence-corrected chi connectivity index (χ2v) is 4.60. The van der Waals surface area contributed by atoms with E-state index in [1.807, 2.05) is 36.4 Å². The maximum Gasteiger partial charge on any atom is 0.341 e. The molecule has 0 spiro atoms. The van der Waals surface area contributed by atoms with Crippen molar-refractivity contribution in [1.29, 1.82) is 0 Å². The molecule has 0 aliphatic carbocycles. The molecule has 0 saturated heterocycles. The van der Waals surface area contributed by atoms with Gasteiger partial charge in [0.2, 0.25) is 0 Å². The van der Waals surface area contributed by atoms with Crippen molar-refractivity contribution in [3.05, 3.63) is 66.5 Å². The van der Waals surface area contributed by atoms with Crippen LogP contribution in [0.3, 0.4) is 0 Å². The van der Waals surface area contributed by atoms with Crippen molar-refractivity contribution in [3.8, 4) is 22.6 Å². The molecule has 1 N–H and O–H groups in total. The molecular formula is C17H14N2O3. The van der Waals surface area contributed by atoms with Crippen LogP contribution in [0.15, 0.2) is 60.9 Å². The van der Waals surface area contributed by atoms with Gasteiger partial charge in [-0.3, -0.25) is 5.10 Å². The molecule has 0 radical (unpaired) electrons. The van der Waals surface area contributed by atoms with Crippen LogP contribution in [0.4, 0.5) is 0 Å². The van der Waals surface area contributed by atoms with Crippen LogP contribution in [0.2, 0.25) is 0 Å². The van der Waals surface area contributed by atoms with Gasteiger partial charge in [0.15, 0.2) is 0 Å². The first-order chi connectivity index (χ1) is 10.8. The smallest absolute Gasteiger partial charge is 0.341 e. The van der Waals surface area contributed by atoms with Crippen LogP contribution < -0.4 is 4.74 Å². The van der Waals surface area contributed by atoms with Crippen molar-refractivity contribution in [2.45, 2.75) is 0 Å². The fourth-order valence-corrected chi connectivity index (χ4v) is 2.09. The maximum absolute atomic E-state index is 12.0. The lowest BCUT2D eigenvalue weighted by molar-refractivity contribution is 0.0598. The highest BCUT2D eigenvalue weighted by Gasteiger charge is 2.15. The van der Waals surface area contributed by atoms with Crippen molar-refractivity contribution in [3.63, 3.8) is 0 Å². The van der Waals surface area contributed by atoms with Crippen molar-refractivity contribution >= 4 is 5.97 Å². The minimum Gasteiger partial charge on any atom is -0.465 e. The highest BCUT2D eigenvalue weighted by atomic mass is 16.5. The minimum absolute atomic E-state index is 0.366. The largest absolute Gasteiger partial charge is 0.465 e. The fraction of sp³-hybridized carbons (Fsp3) is 0.0588. The van der Waals surface area contributed by atoms with Crippen LogP contribution in [0.5, 0.6) is 11.5 Å². The van der Waals surface area contributed by atoms with Gasteiger partial charge >= 0.3 is 5.97 Å². The first-order valence-corrected chi connectivity index (χ1v) is 6.72. The zero-order valence-corrected chi connectivity index (χ0v) is 11.9. The highest BCUT2D eigenvalue weighted by molar-refractivity contribution is 5.94. The monoisotopic (exact) mass is 294 g/mol. The summed E-state index contributed by atoms with van der Waals surface area (Å²) in [6, 6.07) is 14.6. The van der Waals surface area contributed by atoms with Gasteiger partial charge in [0.25, 0.3) is 0 Å². The summed E-state index contributed by atoms with van der Waals surface area (Å²) in [7, 11) is 1.35. The van der Waals surface area contributed by atoms with Crippen LogP contribution in [0.25, 0.3) is 11.1 Å². The number of carbonyl (C=O) groups excluding carboxylic acids is 1. The summed E-state index contributed by atoms with van der Waals surface area (Å²) < 4.78 is 10.6. The van der Waals surface area contributed by atoms with Gasteiger partial charge in [0.05, 0.1) is 13.3 Å². The van der Waals surface area contributed by atoms with Crippen molar-refractivity contribution < 1.29 is 14.3 Å². The quantitative estimate of drug-likeness (QED) is 0.746. The maximum atomic E-state index is 12.0. The summed E-state index contributed by atoms with van der Waals surface area (Å²) in [5.41, 5.74) is 2.11. The predicted octanol–water partition coefficient (Wildman–Crippen LogP) is 3.66. The van der Waals surface area contributed by atoms with Gasteiger partial charge in [-0.05, 0) is 29.8 Å². The van der Waals surface area contributed by atoms with Crippen molar-refractivity contribution in [2.75, 3.05) is 7.11 Å². The molecule has 0 bridgehead atoms. The summed E-state index contributed by atoms with van der Waals surface area (Å²) in [5.74, 6) is 0.658. The number of carbonyl (C=O) groups is 1. The zero-order valence-electron chi connectivity index (χ0n) is 11.9. The Morgan fingerprint density at radius 1 is 1.09 bits per heavy atom. The second kappa shape index (κ2) is 6.13. The predicted molar refractivity (Wildman–Crippen MR) is 81.9 cm³/mol. The third-order valence-electron chi connectivity index (χ3n) is 3.19. The Kier molecular flexibility index (Phi) is 3.87. The Morgan fingerprint density at radius 3 is 2.59 bits per heavy atom. The molecule has 0 amide bonds. The lowest BCUT2D eigenvalue weighted by Crippen LogP contribution is -2.04. The number of nitrogens with zero attached hydrogens (tertiary/aromatic N) is 1. The molecule has 5 nitrogen and oxygen atoms in total. The van der Waals surface area contributed by atoms with E-state index in [0.717, 1.165) is 11.1 Å². The number of ether oxygens (including phenoxy) is 2. The van der Waals surface area contributed by atoms with Crippen LogP contribution in [0, 0.1) is 0 Å². The number of hydrogen-bond acceptors (Lipinski definition) is 4. The summed E-state index contributed by atoms with van der Waals surface area (Å²) in [6.07, 6.45) is 3.45. The first kappa shape index (κ1) is 13.9. The Bertz CT molecular complexity index is 768. The van der Waals surface area contributed by atoms with E-state index >= 15 is 0 Å². The molecule has 5 heteroatoms. The Balaban J connectivity index is 2.00. The van der Waals surface area contributed by atoms with Crippen LogP contribution >= 0.6 is 0 Å². The van der Waals surface area contributed by atoms with E-state index in [9.17, 15) is 4.79 Å². The van der Waals surface area contributed by atoms with Crippen LogP contribution in [0.1, 0.15) is 10.4 Å². The standard InChI is InChI=1S/C17H14N2O3/c1-21-17(20)15-9-12(13-10-18-19-11-13)7-8-16(15)22-14-5-3-2-4-6-14/h2-11H,1H3,(H,18,19). The van der Waals surface area contributed by atoms with E-state index in [1.54, 1.807) is 24.5 Å². The summed E-state index contributed by atoms with van der Waals surface area (Å²) in [6.45, 7) is 0. The van der Waals surface area contributed by atoms with E-state index in [1.165, 1.54) is 7.11 Å². The molecule has 3 aromatic rings. The lowest BCUT2D eigenvalue weighted by atomic mass is 10.1. The molecule has 0 aliphatic rings. The Hall–Kier alpha value is -3.08. The average molecular weight is 294 g/mol. The third-order valence-corrected chi connectivity index (χ3v) is 3.19. The van der Waals surface area contributed by atoms with E-state index in [4.69, 9.17) is 9.47 Å². The first-order valence-electron chi connectivity index (χ1n) is 6.72. The molecule has 0 unspecified atom stereocenters. The van der Waals surface area contributed by atoms with Gasteiger partial charge in [0.1, 0.15) is 17.1 Å². The van der Waals surface area contributed by atoms with E-state index in [0.29, 0.717) is 17.1 Å². The van der Waals surface area contributed by atoms with Gasteiger partial charge in [0, 0.05) is 11.8 Å². The van der Waals surface area contributed by atoms with E-state index in [-0.39, 0.29) is 0 Å². The zero-order chi connectivity index (χ0) is 15.4. The lowest BCUT2D eigenvalue weighted by Gasteiger charge is -2.11. The average Bonchev–Trinajstić information content (AvgIpc) is 3.10. The summed E-state index contributed by atoms with van der Waals surface area (Å²) in [4.78, 5) is 12.0. The van der Waals surface area contributed by atoms with Gasteiger partial charge in [-0.1, -0.05) is 24.3 Å². The van der Waals surface area contributed by atoms with Crippen LogP contribution in [-0.2, 0) is 4.74 Å². The molecule has 1 heterocycles. The Labute approximate surface area is 127 Å². The number of benzene rings is 2. The number of hydrogen-bond donors (Lipinski definition) is 1. The van der Waals surface area contributed by atoms with Crippen molar-refractivity contribution in [1.82, 2.24) is 10.2 Å². The molecule has 0 fully saturated rings. The molecule has 3 rings (SSSR count). The number of aromatic amines is 1. The SMILES string of the molecule is COC(=O)c1cc(-c2cn[nH]c2)ccc1Oc1ccccc1. The molecule has 1 aromatic heterocycles. The topological polar surface area (TPSA) is 64.2 Å². The molecular weight excluding hydrogens is 280 g/mol. The van der Waals surface area contributed by atoms with Crippen LogP contribution in [-0.4, -0.2) is 23.3 Å². The number of para-hydroxylation sites is 1. The molecule has 0 aliphatic heterocycles. The highest BCUT2D eigenvalue weighted by Crippen LogP contribution is 2.30. The third kappa shape index (κ3) is 2.83. The molecule has 0 saturated carbocycles. The Morgan fingerprint density at radius 2 is 1.91 bits per heavy atom. The molecule has 0 atom stereocenters. The number of H-pyrrole nitrogens is 1. The number of aromatic nitrogens is 2. The fourth-order valence-electron chi connectivity index (χ4n) is 2.09. The molecule has 2 aromatic carbocycles. The van der Waals surface area contributed by atoms with Gasteiger partial charge < -0.3 is 9.47 Å². The molecule has 22 heavy (non-hydrogen) atoms. The number of rotatable bonds is 4. The number of nitrogens with one attached hydrogen (secondary N) is 1. The van der Waals surface area contributed by atoms with E-state index < -0.39 is 5.97 Å². The van der Waals surface area contributed by atoms with Crippen molar-refractivity contribution in [2.24, 2.45) is 0 Å². The number of methoxy groups -OCH3 is 1. The van der Waals surface area contributed by atoms with Gasteiger partial charge in [-0.15, -0.1) is 0 Å². The summed E-state index contributed by atoms with van der Waals surface area (Å²) >= 11 is 0. The summed E-state index contributed by atoms with van der Waals surface area (Å²) in [5, 5.41) is 6.66. The van der Waals surface area contributed by atoms with Gasteiger partial charge in [-0.2, -0.15) is 5.10 Å². The minimum atomic E-state index is -0.448. The van der Waals surface area contributed by atoms with E-state index in [2.05, 4.69) is 10.2 Å². The number of esters is 1. The van der Waals surface area contributed by atoms with Gasteiger partial charge in [-0.25, -0.2) is 4.79 Å². The second-order valence-electron chi connectivity index (χ2n) is 4.60. The molecule has 110 valence electrons. The normalized spacial score (nSPS) is 10.2.